The zero-order chi connectivity index (χ0) is 14.0. The third kappa shape index (κ3) is 2.82. The monoisotopic (exact) mass is 287 g/mol. The molecule has 1 unspecified atom stereocenters. The zero-order valence-corrected chi connectivity index (χ0v) is 12.2. The van der Waals surface area contributed by atoms with Gasteiger partial charge in [-0.2, -0.15) is 4.31 Å². The Balaban J connectivity index is 2.31. The summed E-state index contributed by atoms with van der Waals surface area (Å²) in [4.78, 5) is 4.12. The second kappa shape index (κ2) is 5.60. The van der Waals surface area contributed by atoms with E-state index in [-0.39, 0.29) is 17.7 Å². The Bertz CT molecular complexity index is 517. The van der Waals surface area contributed by atoms with Crippen LogP contribution in [0, 0.1) is 6.92 Å². The number of aliphatic hydroxyl groups excluding tert-OH is 1. The quantitative estimate of drug-likeness (QED) is 0.882. The van der Waals surface area contributed by atoms with Crippen molar-refractivity contribution in [1.29, 1.82) is 0 Å². The van der Waals surface area contributed by atoms with E-state index in [9.17, 15) is 8.42 Å². The second-order valence-electron chi connectivity index (χ2n) is 5.01. The van der Waals surface area contributed by atoms with Crippen molar-refractivity contribution in [3.8, 4) is 0 Å². The molecule has 108 valence electrons. The Labute approximate surface area is 114 Å². The molecular weight excluding hydrogens is 266 g/mol. The molecule has 1 N–H and O–H groups in total. The van der Waals surface area contributed by atoms with Gasteiger partial charge in [0.25, 0.3) is 10.0 Å². The van der Waals surface area contributed by atoms with E-state index in [0.29, 0.717) is 18.8 Å². The summed E-state index contributed by atoms with van der Waals surface area (Å²) in [6.07, 6.45) is 4.73. The van der Waals surface area contributed by atoms with Gasteiger partial charge < -0.3 is 9.67 Å². The molecule has 0 radical (unpaired) electrons. The SMILES string of the molecule is Cc1nc(S(=O)(=O)N2CCCCC2CCO)cn1C. The molecule has 1 aromatic heterocycles. The van der Waals surface area contributed by atoms with Crippen molar-refractivity contribution in [2.24, 2.45) is 7.05 Å². The van der Waals surface area contributed by atoms with Gasteiger partial charge in [0, 0.05) is 32.4 Å². The summed E-state index contributed by atoms with van der Waals surface area (Å²) < 4.78 is 28.4. The number of aromatic nitrogens is 2. The third-order valence-corrected chi connectivity index (χ3v) is 5.52. The topological polar surface area (TPSA) is 75.4 Å². The van der Waals surface area contributed by atoms with E-state index >= 15 is 0 Å². The molecule has 7 heteroatoms. The highest BCUT2D eigenvalue weighted by atomic mass is 32.2. The predicted molar refractivity (Wildman–Crippen MR) is 71.2 cm³/mol. The van der Waals surface area contributed by atoms with Crippen LogP contribution in [0.5, 0.6) is 0 Å². The van der Waals surface area contributed by atoms with Crippen LogP contribution in [0.1, 0.15) is 31.5 Å². The molecule has 1 aliphatic rings. The van der Waals surface area contributed by atoms with Crippen LogP contribution in [0.4, 0.5) is 0 Å². The molecule has 0 aliphatic carbocycles. The van der Waals surface area contributed by atoms with Crippen LogP contribution in [0.15, 0.2) is 11.2 Å². The summed E-state index contributed by atoms with van der Waals surface area (Å²) in [7, 11) is -1.76. The summed E-state index contributed by atoms with van der Waals surface area (Å²) in [5.41, 5.74) is 0. The molecule has 1 aromatic rings. The number of aliphatic hydroxyl groups is 1. The molecule has 19 heavy (non-hydrogen) atoms. The number of rotatable bonds is 4. The predicted octanol–water partition coefficient (Wildman–Crippen LogP) is 0.654. The van der Waals surface area contributed by atoms with Crippen LogP contribution in [0.25, 0.3) is 0 Å². The number of imidazole rings is 1. The molecule has 1 fully saturated rings. The first-order chi connectivity index (χ1) is 8.96. The lowest BCUT2D eigenvalue weighted by molar-refractivity contribution is 0.192. The fourth-order valence-electron chi connectivity index (χ4n) is 2.50. The second-order valence-corrected chi connectivity index (χ2v) is 6.85. The molecule has 0 aromatic carbocycles. The average molecular weight is 287 g/mol. The van der Waals surface area contributed by atoms with E-state index < -0.39 is 10.0 Å². The Hall–Kier alpha value is -0.920. The van der Waals surface area contributed by atoms with Crippen molar-refractivity contribution in [3.05, 3.63) is 12.0 Å². The van der Waals surface area contributed by atoms with Crippen LogP contribution in [-0.2, 0) is 17.1 Å². The minimum absolute atomic E-state index is 0.0118. The van der Waals surface area contributed by atoms with E-state index in [2.05, 4.69) is 4.98 Å². The standard InChI is InChI=1S/C12H21N3O3S/c1-10-13-12(9-14(10)2)19(17,18)15-7-4-3-5-11(15)6-8-16/h9,11,16H,3-8H2,1-2H3. The van der Waals surface area contributed by atoms with E-state index in [0.717, 1.165) is 19.3 Å². The van der Waals surface area contributed by atoms with Crippen molar-refractivity contribution in [1.82, 2.24) is 13.9 Å². The number of hydrogen-bond acceptors (Lipinski definition) is 4. The fourth-order valence-corrected chi connectivity index (χ4v) is 4.25. The first kappa shape index (κ1) is 14.5. The summed E-state index contributed by atoms with van der Waals surface area (Å²) >= 11 is 0. The van der Waals surface area contributed by atoms with Gasteiger partial charge >= 0.3 is 0 Å². The molecule has 2 heterocycles. The van der Waals surface area contributed by atoms with Gasteiger partial charge in [-0.15, -0.1) is 0 Å². The molecular formula is C12H21N3O3S. The molecule has 0 spiro atoms. The van der Waals surface area contributed by atoms with Crippen LogP contribution < -0.4 is 0 Å². The minimum atomic E-state index is -3.54. The van der Waals surface area contributed by atoms with Crippen molar-refractivity contribution in [2.45, 2.75) is 43.7 Å². The van der Waals surface area contributed by atoms with Gasteiger partial charge in [0.05, 0.1) is 0 Å². The maximum absolute atomic E-state index is 12.6. The van der Waals surface area contributed by atoms with Gasteiger partial charge in [0.1, 0.15) is 5.82 Å². The van der Waals surface area contributed by atoms with E-state index in [1.807, 2.05) is 0 Å². The maximum atomic E-state index is 12.6. The first-order valence-electron chi connectivity index (χ1n) is 6.59. The Morgan fingerprint density at radius 2 is 2.21 bits per heavy atom. The largest absolute Gasteiger partial charge is 0.396 e. The number of hydrogen-bond donors (Lipinski definition) is 1. The van der Waals surface area contributed by atoms with Crippen LogP contribution in [0.2, 0.25) is 0 Å². The van der Waals surface area contributed by atoms with Gasteiger partial charge in [-0.3, -0.25) is 0 Å². The molecule has 2 rings (SSSR count). The Morgan fingerprint density at radius 3 is 2.79 bits per heavy atom. The lowest BCUT2D eigenvalue weighted by atomic mass is 10.0. The maximum Gasteiger partial charge on any atom is 0.262 e. The molecule has 1 aliphatic heterocycles. The van der Waals surface area contributed by atoms with Crippen LogP contribution >= 0.6 is 0 Å². The Kier molecular flexibility index (Phi) is 4.27. The Morgan fingerprint density at radius 1 is 1.47 bits per heavy atom. The highest BCUT2D eigenvalue weighted by molar-refractivity contribution is 7.89. The normalized spacial score (nSPS) is 21.7. The summed E-state index contributed by atoms with van der Waals surface area (Å²) in [6, 6.07) is -0.105. The van der Waals surface area contributed by atoms with Crippen molar-refractivity contribution < 1.29 is 13.5 Å². The number of piperidine rings is 1. The highest BCUT2D eigenvalue weighted by Crippen LogP contribution is 2.26. The fraction of sp³-hybridized carbons (Fsp3) is 0.750. The van der Waals surface area contributed by atoms with E-state index in [4.69, 9.17) is 5.11 Å². The van der Waals surface area contributed by atoms with E-state index in [1.54, 1.807) is 24.7 Å². The molecule has 6 nitrogen and oxygen atoms in total. The third-order valence-electron chi connectivity index (χ3n) is 3.69. The number of aryl methyl sites for hydroxylation is 2. The van der Waals surface area contributed by atoms with Crippen molar-refractivity contribution >= 4 is 10.0 Å². The minimum Gasteiger partial charge on any atom is -0.396 e. The van der Waals surface area contributed by atoms with Gasteiger partial charge in [-0.25, -0.2) is 13.4 Å². The number of sulfonamides is 1. The van der Waals surface area contributed by atoms with Gasteiger partial charge in [-0.05, 0) is 26.2 Å². The van der Waals surface area contributed by atoms with Crippen LogP contribution in [-0.4, -0.2) is 46.6 Å². The molecule has 0 saturated carbocycles. The zero-order valence-electron chi connectivity index (χ0n) is 11.4. The van der Waals surface area contributed by atoms with Gasteiger partial charge in [-0.1, -0.05) is 6.42 Å². The van der Waals surface area contributed by atoms with Crippen molar-refractivity contribution in [3.63, 3.8) is 0 Å². The molecule has 1 saturated heterocycles. The summed E-state index contributed by atoms with van der Waals surface area (Å²) in [5.74, 6) is 0.675. The lowest BCUT2D eigenvalue weighted by Crippen LogP contribution is -2.44. The van der Waals surface area contributed by atoms with E-state index in [1.165, 1.54) is 4.31 Å². The molecule has 1 atom stereocenters. The highest BCUT2D eigenvalue weighted by Gasteiger charge is 2.34. The summed E-state index contributed by atoms with van der Waals surface area (Å²) in [6.45, 7) is 2.31. The number of nitrogens with zero attached hydrogens (tertiary/aromatic N) is 3. The summed E-state index contributed by atoms with van der Waals surface area (Å²) in [5, 5.41) is 9.19. The van der Waals surface area contributed by atoms with Crippen LogP contribution in [0.3, 0.4) is 0 Å². The van der Waals surface area contributed by atoms with Gasteiger partial charge in [0.2, 0.25) is 0 Å². The average Bonchev–Trinajstić information content (AvgIpc) is 2.71. The molecule has 0 bridgehead atoms. The van der Waals surface area contributed by atoms with Crippen molar-refractivity contribution in [2.75, 3.05) is 13.2 Å². The van der Waals surface area contributed by atoms with Gasteiger partial charge in [0.15, 0.2) is 5.03 Å². The molecule has 0 amide bonds. The smallest absolute Gasteiger partial charge is 0.262 e. The first-order valence-corrected chi connectivity index (χ1v) is 8.03. The lowest BCUT2D eigenvalue weighted by Gasteiger charge is -2.33.